The fourth-order valence-electron chi connectivity index (χ4n) is 3.45. The minimum Gasteiger partial charge on any atom is -0.489 e. The van der Waals surface area contributed by atoms with Gasteiger partial charge in [0.05, 0.1) is 60.3 Å². The maximum Gasteiger partial charge on any atom is 0.146 e. The van der Waals surface area contributed by atoms with E-state index in [0.29, 0.717) is 58.1 Å². The number of anilines is 1. The molecule has 0 aromatic carbocycles. The Balaban J connectivity index is 1.61. The lowest BCUT2D eigenvalue weighted by Crippen LogP contribution is -2.39. The normalized spacial score (nSPS) is 16.5. The molecule has 1 aliphatic heterocycles. The number of nitrogens with zero attached hydrogens (tertiary/aromatic N) is 4. The average Bonchev–Trinajstić information content (AvgIpc) is 3.59. The van der Waals surface area contributed by atoms with Crippen molar-refractivity contribution < 1.29 is 14.2 Å². The SMILES string of the molecule is [B]C([B])([B])OC(C)COc1ccc(-c2c(C#N)c(NC3CC3)nc(SCC3COC3)c2C#N)nc1. The van der Waals surface area contributed by atoms with Gasteiger partial charge in [0.2, 0.25) is 0 Å². The van der Waals surface area contributed by atoms with Crippen LogP contribution in [0.3, 0.4) is 0 Å². The average molecular weight is 481 g/mol. The molecular weight excluding hydrogens is 459 g/mol. The topological polar surface area (TPSA) is 113 Å². The molecule has 1 aliphatic carbocycles. The lowest BCUT2D eigenvalue weighted by molar-refractivity contribution is -0.0196. The van der Waals surface area contributed by atoms with Crippen molar-refractivity contribution in [3.63, 3.8) is 0 Å². The Morgan fingerprint density at radius 2 is 1.97 bits per heavy atom. The first-order chi connectivity index (χ1) is 16.8. The molecule has 4 rings (SSSR count). The molecule has 1 unspecified atom stereocenters. The maximum absolute atomic E-state index is 10.0. The van der Waals surface area contributed by atoms with E-state index in [1.807, 2.05) is 0 Å². The minimum atomic E-state index is -1.75. The van der Waals surface area contributed by atoms with Gasteiger partial charge in [-0.25, -0.2) is 4.98 Å². The van der Waals surface area contributed by atoms with E-state index in [0.717, 1.165) is 18.6 Å². The van der Waals surface area contributed by atoms with Gasteiger partial charge in [0, 0.05) is 23.3 Å². The second kappa shape index (κ2) is 10.9. The molecule has 2 aliphatic rings. The van der Waals surface area contributed by atoms with Crippen molar-refractivity contribution in [1.29, 1.82) is 10.5 Å². The molecule has 12 heteroatoms. The molecule has 35 heavy (non-hydrogen) atoms. The van der Waals surface area contributed by atoms with Gasteiger partial charge in [0.1, 0.15) is 40.9 Å². The molecular formula is C23H22B3N5O3S. The summed E-state index contributed by atoms with van der Waals surface area (Å²) in [5.74, 6) is 2.17. The highest BCUT2D eigenvalue weighted by molar-refractivity contribution is 7.99. The van der Waals surface area contributed by atoms with Gasteiger partial charge in [0.25, 0.3) is 0 Å². The van der Waals surface area contributed by atoms with Gasteiger partial charge in [-0.3, -0.25) is 4.98 Å². The predicted molar refractivity (Wildman–Crippen MR) is 135 cm³/mol. The molecule has 0 spiro atoms. The Kier molecular flexibility index (Phi) is 7.96. The van der Waals surface area contributed by atoms with Gasteiger partial charge in [-0.15, -0.1) is 11.8 Å². The highest BCUT2D eigenvalue weighted by Gasteiger charge is 2.28. The number of hydrogen-bond acceptors (Lipinski definition) is 9. The standard InChI is InChI=1S/C23H22B3N5O3S/c1-13(34-23(24,25)26)9-33-16-4-5-19(29-8-16)20-17(6-27)21(30-15-2-3-15)31-22(18(20)7-28)35-12-14-10-32-11-14/h4-5,8,13-15H,2-3,9-12H2,1H3,(H,30,31). The monoisotopic (exact) mass is 481 g/mol. The summed E-state index contributed by atoms with van der Waals surface area (Å²) in [5.41, 5.74) is 1.58. The molecule has 0 bridgehead atoms. The number of thioether (sulfide) groups is 1. The largest absolute Gasteiger partial charge is 0.489 e. The van der Waals surface area contributed by atoms with Gasteiger partial charge in [-0.1, -0.05) is 0 Å². The maximum atomic E-state index is 10.0. The third-order valence-electron chi connectivity index (χ3n) is 5.35. The number of ether oxygens (including phenoxy) is 3. The lowest BCUT2D eigenvalue weighted by Gasteiger charge is -2.26. The highest BCUT2D eigenvalue weighted by Crippen LogP contribution is 2.38. The van der Waals surface area contributed by atoms with Crippen LogP contribution >= 0.6 is 11.8 Å². The van der Waals surface area contributed by atoms with Crippen LogP contribution in [-0.2, 0) is 9.47 Å². The fourth-order valence-corrected chi connectivity index (χ4v) is 4.48. The molecule has 2 aromatic heterocycles. The van der Waals surface area contributed by atoms with Crippen LogP contribution in [-0.4, -0.2) is 76.5 Å². The van der Waals surface area contributed by atoms with Crippen LogP contribution in [0.2, 0.25) is 0 Å². The fraction of sp³-hybridized carbons (Fsp3) is 0.478. The molecule has 172 valence electrons. The molecule has 1 N–H and O–H groups in total. The molecule has 6 radical (unpaired) electrons. The Morgan fingerprint density at radius 1 is 1.23 bits per heavy atom. The van der Waals surface area contributed by atoms with E-state index in [1.54, 1.807) is 19.1 Å². The number of nitrogens with one attached hydrogen (secondary N) is 1. The third-order valence-corrected chi connectivity index (χ3v) is 6.56. The molecule has 1 saturated carbocycles. The number of aromatic nitrogens is 2. The van der Waals surface area contributed by atoms with Crippen molar-refractivity contribution in [2.24, 2.45) is 5.92 Å². The Bertz CT molecular complexity index is 1140. The summed E-state index contributed by atoms with van der Waals surface area (Å²) >= 11 is 1.50. The van der Waals surface area contributed by atoms with Crippen molar-refractivity contribution in [3.05, 3.63) is 29.5 Å². The van der Waals surface area contributed by atoms with E-state index < -0.39 is 11.4 Å². The number of pyridine rings is 2. The second-order valence-electron chi connectivity index (χ2n) is 8.72. The first-order valence-electron chi connectivity index (χ1n) is 11.3. The first-order valence-corrected chi connectivity index (χ1v) is 12.2. The predicted octanol–water partition coefficient (Wildman–Crippen LogP) is 2.10. The van der Waals surface area contributed by atoms with E-state index in [-0.39, 0.29) is 12.6 Å². The molecule has 8 nitrogen and oxygen atoms in total. The molecule has 1 atom stereocenters. The highest BCUT2D eigenvalue weighted by atomic mass is 32.2. The van der Waals surface area contributed by atoms with Crippen molar-refractivity contribution >= 4 is 41.1 Å². The lowest BCUT2D eigenvalue weighted by atomic mass is 9.52. The summed E-state index contributed by atoms with van der Waals surface area (Å²) < 4.78 is 16.2. The van der Waals surface area contributed by atoms with Crippen molar-refractivity contribution in [1.82, 2.24) is 9.97 Å². The van der Waals surface area contributed by atoms with E-state index >= 15 is 0 Å². The quantitative estimate of drug-likeness (QED) is 0.381. The summed E-state index contributed by atoms with van der Waals surface area (Å²) in [6.07, 6.45) is 3.12. The summed E-state index contributed by atoms with van der Waals surface area (Å²) in [5, 5.41) is 22.2. The summed E-state index contributed by atoms with van der Waals surface area (Å²) in [4.78, 5) is 9.17. The zero-order valence-corrected chi connectivity index (χ0v) is 20.2. The number of rotatable bonds is 11. The van der Waals surface area contributed by atoms with Gasteiger partial charge < -0.3 is 19.5 Å². The van der Waals surface area contributed by atoms with Crippen LogP contribution in [0.1, 0.15) is 30.9 Å². The first kappa shape index (κ1) is 25.4. The molecule has 2 aromatic rings. The van der Waals surface area contributed by atoms with E-state index in [4.69, 9.17) is 37.7 Å². The Labute approximate surface area is 213 Å². The third kappa shape index (κ3) is 6.73. The van der Waals surface area contributed by atoms with Crippen molar-refractivity contribution in [2.45, 2.75) is 42.2 Å². The van der Waals surface area contributed by atoms with Gasteiger partial charge in [-0.05, 0) is 37.2 Å². The van der Waals surface area contributed by atoms with Crippen LogP contribution in [0.25, 0.3) is 11.3 Å². The molecule has 3 heterocycles. The number of hydrogen-bond donors (Lipinski definition) is 1. The van der Waals surface area contributed by atoms with Crippen LogP contribution < -0.4 is 10.1 Å². The zero-order chi connectivity index (χ0) is 25.0. The van der Waals surface area contributed by atoms with Crippen LogP contribution in [0, 0.1) is 28.6 Å². The van der Waals surface area contributed by atoms with Crippen LogP contribution in [0.4, 0.5) is 5.82 Å². The van der Waals surface area contributed by atoms with E-state index in [2.05, 4.69) is 27.4 Å². The van der Waals surface area contributed by atoms with Crippen molar-refractivity contribution in [2.75, 3.05) is 30.9 Å². The second-order valence-corrected chi connectivity index (χ2v) is 9.73. The molecule has 2 fully saturated rings. The smallest absolute Gasteiger partial charge is 0.146 e. The Morgan fingerprint density at radius 3 is 2.51 bits per heavy atom. The summed E-state index contributed by atoms with van der Waals surface area (Å²) in [6, 6.07) is 8.20. The molecule has 0 amide bonds. The van der Waals surface area contributed by atoms with Gasteiger partial charge in [-0.2, -0.15) is 10.5 Å². The Hall–Kier alpha value is -2.66. The van der Waals surface area contributed by atoms with Crippen molar-refractivity contribution in [3.8, 4) is 29.1 Å². The zero-order valence-electron chi connectivity index (χ0n) is 19.4. The van der Waals surface area contributed by atoms with Crippen LogP contribution in [0.15, 0.2) is 23.4 Å². The summed E-state index contributed by atoms with van der Waals surface area (Å²) in [6.45, 7) is 3.29. The number of nitriles is 2. The summed E-state index contributed by atoms with van der Waals surface area (Å²) in [7, 11) is 16.3. The van der Waals surface area contributed by atoms with Gasteiger partial charge >= 0.3 is 0 Å². The van der Waals surface area contributed by atoms with Gasteiger partial charge in [0.15, 0.2) is 0 Å². The van der Waals surface area contributed by atoms with E-state index in [9.17, 15) is 10.5 Å². The molecule has 1 saturated heterocycles. The van der Waals surface area contributed by atoms with Crippen LogP contribution in [0.5, 0.6) is 5.75 Å². The van der Waals surface area contributed by atoms with E-state index in [1.165, 1.54) is 18.0 Å². The minimum absolute atomic E-state index is 0.150.